The molecule has 0 bridgehead atoms. The van der Waals surface area contributed by atoms with E-state index in [0.717, 1.165) is 4.01 Å². The number of fused-ring (bicyclic) bond motifs is 1. The molecule has 0 unspecified atom stereocenters. The number of hydrogen-bond acceptors (Lipinski definition) is 5. The summed E-state index contributed by atoms with van der Waals surface area (Å²) in [5.74, 6) is -0.207. The highest BCUT2D eigenvalue weighted by molar-refractivity contribution is 7.37. The predicted octanol–water partition coefficient (Wildman–Crippen LogP) is 2.85. The minimum atomic E-state index is -0.368. The molecule has 0 aliphatic rings. The monoisotopic (exact) mass is 228 g/mol. The summed E-state index contributed by atoms with van der Waals surface area (Å²) >= 11 is 2.88. The minimum absolute atomic E-state index is 0.161. The predicted molar refractivity (Wildman–Crippen MR) is 57.3 cm³/mol. The van der Waals surface area contributed by atoms with Crippen molar-refractivity contribution in [2.45, 2.75) is 6.92 Å². The molecule has 0 radical (unpaired) electrons. The van der Waals surface area contributed by atoms with E-state index >= 15 is 0 Å². The fourth-order valence-corrected chi connectivity index (χ4v) is 3.15. The maximum absolute atomic E-state index is 11.4. The maximum atomic E-state index is 11.4. The summed E-state index contributed by atoms with van der Waals surface area (Å²) in [7, 11) is 0. The first-order chi connectivity index (χ1) is 6.74. The van der Waals surface area contributed by atoms with E-state index in [0.29, 0.717) is 17.6 Å². The standard InChI is InChI=1S/C9H8O3S2/c1-2-12-8(11)5-3-13-9-7(5)6(10)4-14-9/h3-4,10H,2H2,1H3. The van der Waals surface area contributed by atoms with Gasteiger partial charge in [-0.3, -0.25) is 0 Å². The molecular weight excluding hydrogens is 220 g/mol. The van der Waals surface area contributed by atoms with Crippen molar-refractivity contribution < 1.29 is 14.6 Å². The summed E-state index contributed by atoms with van der Waals surface area (Å²) in [5.41, 5.74) is 0.464. The highest BCUT2D eigenvalue weighted by Gasteiger charge is 2.17. The molecule has 0 saturated heterocycles. The number of hydrogen-bond donors (Lipinski definition) is 1. The number of esters is 1. The van der Waals surface area contributed by atoms with Crippen molar-refractivity contribution in [1.29, 1.82) is 0 Å². The third-order valence-corrected chi connectivity index (χ3v) is 3.89. The van der Waals surface area contributed by atoms with Crippen molar-refractivity contribution in [3.63, 3.8) is 0 Å². The van der Waals surface area contributed by atoms with Crippen molar-refractivity contribution in [2.24, 2.45) is 0 Å². The summed E-state index contributed by atoms with van der Waals surface area (Å²) in [5, 5.41) is 13.5. The average Bonchev–Trinajstić information content (AvgIpc) is 2.70. The van der Waals surface area contributed by atoms with E-state index in [1.165, 1.54) is 22.7 Å². The molecule has 5 heteroatoms. The zero-order valence-electron chi connectivity index (χ0n) is 7.44. The van der Waals surface area contributed by atoms with Gasteiger partial charge in [-0.2, -0.15) is 0 Å². The van der Waals surface area contributed by atoms with Gasteiger partial charge in [0.05, 0.1) is 21.6 Å². The number of ether oxygens (including phenoxy) is 1. The fourth-order valence-electron chi connectivity index (χ4n) is 1.20. The van der Waals surface area contributed by atoms with Crippen molar-refractivity contribution in [2.75, 3.05) is 6.61 Å². The Labute approximate surface area is 88.6 Å². The maximum Gasteiger partial charge on any atom is 0.339 e. The van der Waals surface area contributed by atoms with Gasteiger partial charge in [-0.15, -0.1) is 22.7 Å². The van der Waals surface area contributed by atoms with Gasteiger partial charge in [-0.1, -0.05) is 0 Å². The highest BCUT2D eigenvalue weighted by atomic mass is 32.2. The second-order valence-corrected chi connectivity index (χ2v) is 4.67. The Bertz CT molecular complexity index is 469. The number of thiophene rings is 2. The lowest BCUT2D eigenvalue weighted by atomic mass is 10.2. The van der Waals surface area contributed by atoms with E-state index in [-0.39, 0.29) is 11.7 Å². The van der Waals surface area contributed by atoms with Crippen LogP contribution in [0.15, 0.2) is 10.8 Å². The van der Waals surface area contributed by atoms with Gasteiger partial charge >= 0.3 is 5.97 Å². The molecule has 0 aliphatic carbocycles. The molecule has 2 heterocycles. The first-order valence-corrected chi connectivity index (χ1v) is 5.84. The zero-order valence-corrected chi connectivity index (χ0v) is 9.08. The molecule has 14 heavy (non-hydrogen) atoms. The Balaban J connectivity index is 2.51. The minimum Gasteiger partial charge on any atom is -0.506 e. The molecule has 74 valence electrons. The molecule has 0 aromatic carbocycles. The molecule has 3 nitrogen and oxygen atoms in total. The molecule has 0 saturated carbocycles. The van der Waals surface area contributed by atoms with Crippen LogP contribution in [0.25, 0.3) is 9.40 Å². The lowest BCUT2D eigenvalue weighted by Crippen LogP contribution is -2.02. The van der Waals surface area contributed by atoms with Crippen LogP contribution in [-0.2, 0) is 4.74 Å². The van der Waals surface area contributed by atoms with Crippen LogP contribution in [0.1, 0.15) is 17.3 Å². The Morgan fingerprint density at radius 2 is 2.21 bits per heavy atom. The Kier molecular flexibility index (Phi) is 2.43. The van der Waals surface area contributed by atoms with Gasteiger partial charge in [0.15, 0.2) is 0 Å². The summed E-state index contributed by atoms with van der Waals surface area (Å²) in [4.78, 5) is 11.4. The number of aromatic hydroxyl groups is 1. The van der Waals surface area contributed by atoms with Gasteiger partial charge in [-0.05, 0) is 6.92 Å². The first kappa shape index (κ1) is 9.48. The van der Waals surface area contributed by atoms with Crippen molar-refractivity contribution in [1.82, 2.24) is 0 Å². The molecule has 0 fully saturated rings. The van der Waals surface area contributed by atoms with Gasteiger partial charge < -0.3 is 9.84 Å². The molecule has 2 aromatic heterocycles. The SMILES string of the molecule is CCOC(=O)c1csc2scc(O)c12. The summed E-state index contributed by atoms with van der Waals surface area (Å²) in [6.45, 7) is 2.11. The topological polar surface area (TPSA) is 46.5 Å². The van der Waals surface area contributed by atoms with Gasteiger partial charge in [0.2, 0.25) is 0 Å². The Morgan fingerprint density at radius 1 is 1.50 bits per heavy atom. The third kappa shape index (κ3) is 1.38. The normalized spacial score (nSPS) is 10.6. The van der Waals surface area contributed by atoms with Crippen LogP contribution >= 0.6 is 22.7 Å². The number of rotatable bonds is 2. The van der Waals surface area contributed by atoms with E-state index < -0.39 is 0 Å². The second kappa shape index (κ2) is 3.59. The molecule has 0 aliphatic heterocycles. The Hall–Kier alpha value is -1.07. The third-order valence-electron chi connectivity index (χ3n) is 1.79. The van der Waals surface area contributed by atoms with Crippen LogP contribution in [0.2, 0.25) is 0 Å². The van der Waals surface area contributed by atoms with Gasteiger partial charge in [-0.25, -0.2) is 4.79 Å². The van der Waals surface area contributed by atoms with Crippen LogP contribution in [0.5, 0.6) is 5.75 Å². The quantitative estimate of drug-likeness (QED) is 0.804. The molecule has 0 atom stereocenters. The fraction of sp³-hybridized carbons (Fsp3) is 0.222. The van der Waals surface area contributed by atoms with E-state index in [1.54, 1.807) is 17.7 Å². The summed E-state index contributed by atoms with van der Waals surface area (Å²) in [6, 6.07) is 0. The van der Waals surface area contributed by atoms with E-state index in [2.05, 4.69) is 0 Å². The molecule has 2 rings (SSSR count). The van der Waals surface area contributed by atoms with Crippen molar-refractivity contribution >= 4 is 38.0 Å². The van der Waals surface area contributed by atoms with E-state index in [9.17, 15) is 9.90 Å². The molecule has 2 aromatic rings. The lowest BCUT2D eigenvalue weighted by molar-refractivity contribution is 0.0529. The second-order valence-electron chi connectivity index (χ2n) is 2.65. The Morgan fingerprint density at radius 3 is 2.93 bits per heavy atom. The number of carbonyl (C=O) groups is 1. The molecular formula is C9H8O3S2. The highest BCUT2D eigenvalue weighted by Crippen LogP contribution is 2.38. The first-order valence-electron chi connectivity index (χ1n) is 4.08. The van der Waals surface area contributed by atoms with Crippen LogP contribution in [0, 0.1) is 0 Å². The smallest absolute Gasteiger partial charge is 0.339 e. The van der Waals surface area contributed by atoms with Gasteiger partial charge in [0, 0.05) is 10.8 Å². The van der Waals surface area contributed by atoms with Crippen LogP contribution in [0.4, 0.5) is 0 Å². The largest absolute Gasteiger partial charge is 0.506 e. The van der Waals surface area contributed by atoms with Crippen molar-refractivity contribution in [3.05, 3.63) is 16.3 Å². The zero-order chi connectivity index (χ0) is 10.1. The van der Waals surface area contributed by atoms with Gasteiger partial charge in [0.1, 0.15) is 5.75 Å². The van der Waals surface area contributed by atoms with E-state index in [4.69, 9.17) is 4.74 Å². The van der Waals surface area contributed by atoms with Gasteiger partial charge in [0.25, 0.3) is 0 Å². The van der Waals surface area contributed by atoms with Crippen molar-refractivity contribution in [3.8, 4) is 5.75 Å². The number of carbonyl (C=O) groups excluding carboxylic acids is 1. The lowest BCUT2D eigenvalue weighted by Gasteiger charge is -1.98. The van der Waals surface area contributed by atoms with Crippen LogP contribution in [0.3, 0.4) is 0 Å². The summed E-state index contributed by atoms with van der Waals surface area (Å²) < 4.78 is 5.83. The average molecular weight is 228 g/mol. The molecule has 1 N–H and O–H groups in total. The van der Waals surface area contributed by atoms with Crippen LogP contribution < -0.4 is 0 Å². The molecule has 0 spiro atoms. The van der Waals surface area contributed by atoms with E-state index in [1.807, 2.05) is 0 Å². The van der Waals surface area contributed by atoms with Crippen LogP contribution in [-0.4, -0.2) is 17.7 Å². The summed E-state index contributed by atoms with van der Waals surface area (Å²) in [6.07, 6.45) is 0. The molecule has 0 amide bonds.